The molecule has 14 heavy (non-hydrogen) atoms. The number of rotatable bonds is 3. The second-order valence-corrected chi connectivity index (χ2v) is 2.78. The lowest BCUT2D eigenvalue weighted by Crippen LogP contribution is -1.94. The van der Waals surface area contributed by atoms with E-state index < -0.39 is 0 Å². The second-order valence-electron chi connectivity index (χ2n) is 2.78. The van der Waals surface area contributed by atoms with Crippen molar-refractivity contribution in [3.05, 3.63) is 42.3 Å². The van der Waals surface area contributed by atoms with E-state index in [0.717, 1.165) is 0 Å². The van der Waals surface area contributed by atoms with Crippen LogP contribution in [0.15, 0.2) is 41.1 Å². The minimum Gasteiger partial charge on any atom is -0.508 e. The third kappa shape index (κ3) is 2.04. The van der Waals surface area contributed by atoms with E-state index in [1.54, 1.807) is 30.3 Å². The normalized spacial score (nSPS) is 10.0. The van der Waals surface area contributed by atoms with E-state index in [2.05, 4.69) is 9.68 Å². The highest BCUT2D eigenvalue weighted by molar-refractivity contribution is 5.31. The van der Waals surface area contributed by atoms with Crippen LogP contribution in [0.25, 0.3) is 0 Å². The Morgan fingerprint density at radius 2 is 2.29 bits per heavy atom. The molecular formula is C10H9NO3. The molecule has 1 heterocycles. The lowest BCUT2D eigenvalue weighted by atomic mass is 10.3. The zero-order chi connectivity index (χ0) is 9.80. The molecule has 0 saturated heterocycles. The highest BCUT2D eigenvalue weighted by Gasteiger charge is 1.98. The predicted molar refractivity (Wildman–Crippen MR) is 48.9 cm³/mol. The lowest BCUT2D eigenvalue weighted by Gasteiger charge is -2.03. The Morgan fingerprint density at radius 3 is 3.00 bits per heavy atom. The molecule has 0 amide bonds. The van der Waals surface area contributed by atoms with Crippen molar-refractivity contribution in [3.63, 3.8) is 0 Å². The summed E-state index contributed by atoms with van der Waals surface area (Å²) >= 11 is 0. The largest absolute Gasteiger partial charge is 0.508 e. The number of hydrogen-bond donors (Lipinski definition) is 1. The van der Waals surface area contributed by atoms with E-state index in [-0.39, 0.29) is 5.75 Å². The Hall–Kier alpha value is -1.97. The predicted octanol–water partition coefficient (Wildman–Crippen LogP) is 1.96. The molecule has 0 aliphatic rings. The van der Waals surface area contributed by atoms with Gasteiger partial charge in [-0.05, 0) is 12.1 Å². The fraction of sp³-hybridized carbons (Fsp3) is 0.100. The van der Waals surface area contributed by atoms with Crippen LogP contribution in [0.5, 0.6) is 11.5 Å². The first-order chi connectivity index (χ1) is 6.84. The van der Waals surface area contributed by atoms with Crippen LogP contribution in [0.2, 0.25) is 0 Å². The van der Waals surface area contributed by atoms with Crippen molar-refractivity contribution in [1.29, 1.82) is 0 Å². The summed E-state index contributed by atoms with van der Waals surface area (Å²) in [5, 5.41) is 12.8. The second kappa shape index (κ2) is 3.83. The van der Waals surface area contributed by atoms with Crippen LogP contribution in [-0.4, -0.2) is 10.3 Å². The molecule has 1 aromatic carbocycles. The molecule has 2 aromatic rings. The Morgan fingerprint density at radius 1 is 1.36 bits per heavy atom. The summed E-state index contributed by atoms with van der Waals surface area (Å²) in [5.41, 5.74) is 0.716. The zero-order valence-electron chi connectivity index (χ0n) is 7.38. The molecule has 0 saturated carbocycles. The van der Waals surface area contributed by atoms with Gasteiger partial charge in [-0.1, -0.05) is 11.2 Å². The third-order valence-electron chi connectivity index (χ3n) is 1.70. The van der Waals surface area contributed by atoms with E-state index >= 15 is 0 Å². The smallest absolute Gasteiger partial charge is 0.134 e. The van der Waals surface area contributed by atoms with E-state index in [1.807, 2.05) is 0 Å². The number of aromatic hydroxyl groups is 1. The Kier molecular flexibility index (Phi) is 2.36. The average Bonchev–Trinajstić information content (AvgIpc) is 2.67. The molecule has 0 unspecified atom stereocenters. The van der Waals surface area contributed by atoms with Crippen LogP contribution < -0.4 is 4.74 Å². The van der Waals surface area contributed by atoms with Crippen LogP contribution in [0.4, 0.5) is 0 Å². The zero-order valence-corrected chi connectivity index (χ0v) is 7.38. The van der Waals surface area contributed by atoms with Gasteiger partial charge in [0, 0.05) is 12.1 Å². The number of nitrogens with zero attached hydrogens (tertiary/aromatic N) is 1. The standard InChI is InChI=1S/C10H9NO3/c12-9-2-1-3-10(6-9)13-7-8-4-5-14-11-8/h1-6,12H,7H2. The highest BCUT2D eigenvalue weighted by atomic mass is 16.5. The molecule has 4 heteroatoms. The molecule has 4 nitrogen and oxygen atoms in total. The topological polar surface area (TPSA) is 55.5 Å². The van der Waals surface area contributed by atoms with Crippen molar-refractivity contribution in [3.8, 4) is 11.5 Å². The molecule has 72 valence electrons. The van der Waals surface area contributed by atoms with Gasteiger partial charge in [-0.3, -0.25) is 0 Å². The minimum absolute atomic E-state index is 0.183. The molecule has 0 atom stereocenters. The number of hydrogen-bond acceptors (Lipinski definition) is 4. The minimum atomic E-state index is 0.183. The van der Waals surface area contributed by atoms with Crippen molar-refractivity contribution >= 4 is 0 Å². The molecule has 0 radical (unpaired) electrons. The summed E-state index contributed by atoms with van der Waals surface area (Å²) in [4.78, 5) is 0. The van der Waals surface area contributed by atoms with Crippen LogP contribution in [0, 0.1) is 0 Å². The summed E-state index contributed by atoms with van der Waals surface area (Å²) in [5.74, 6) is 0.788. The molecular weight excluding hydrogens is 182 g/mol. The number of ether oxygens (including phenoxy) is 1. The lowest BCUT2D eigenvalue weighted by molar-refractivity contribution is 0.288. The van der Waals surface area contributed by atoms with E-state index in [9.17, 15) is 0 Å². The van der Waals surface area contributed by atoms with Crippen LogP contribution in [0.3, 0.4) is 0 Å². The molecule has 2 rings (SSSR count). The Balaban J connectivity index is 1.98. The van der Waals surface area contributed by atoms with Gasteiger partial charge in [-0.25, -0.2) is 0 Å². The first-order valence-electron chi connectivity index (χ1n) is 4.16. The SMILES string of the molecule is Oc1cccc(OCc2ccon2)c1. The molecule has 0 aliphatic heterocycles. The van der Waals surface area contributed by atoms with Gasteiger partial charge in [-0.2, -0.15) is 0 Å². The van der Waals surface area contributed by atoms with Gasteiger partial charge in [-0.15, -0.1) is 0 Å². The molecule has 1 aromatic heterocycles. The summed E-state index contributed by atoms with van der Waals surface area (Å²) in [7, 11) is 0. The van der Waals surface area contributed by atoms with Crippen molar-refractivity contribution in [2.24, 2.45) is 0 Å². The molecule has 0 spiro atoms. The Labute approximate surface area is 80.7 Å². The summed E-state index contributed by atoms with van der Waals surface area (Å²) in [6.07, 6.45) is 1.49. The van der Waals surface area contributed by atoms with Gasteiger partial charge in [0.25, 0.3) is 0 Å². The highest BCUT2D eigenvalue weighted by Crippen LogP contribution is 2.18. The van der Waals surface area contributed by atoms with E-state index in [0.29, 0.717) is 18.1 Å². The maximum atomic E-state index is 9.16. The molecule has 0 fully saturated rings. The molecule has 0 aliphatic carbocycles. The van der Waals surface area contributed by atoms with Crippen molar-refractivity contribution in [2.45, 2.75) is 6.61 Å². The van der Waals surface area contributed by atoms with Crippen LogP contribution in [-0.2, 0) is 6.61 Å². The van der Waals surface area contributed by atoms with Gasteiger partial charge >= 0.3 is 0 Å². The van der Waals surface area contributed by atoms with Crippen molar-refractivity contribution < 1.29 is 14.4 Å². The first kappa shape index (κ1) is 8.62. The van der Waals surface area contributed by atoms with E-state index in [1.165, 1.54) is 6.26 Å². The number of aromatic nitrogens is 1. The first-order valence-corrected chi connectivity index (χ1v) is 4.16. The van der Waals surface area contributed by atoms with Gasteiger partial charge in [0.2, 0.25) is 0 Å². The van der Waals surface area contributed by atoms with Crippen molar-refractivity contribution in [1.82, 2.24) is 5.16 Å². The third-order valence-corrected chi connectivity index (χ3v) is 1.70. The fourth-order valence-corrected chi connectivity index (χ4v) is 1.04. The Bertz CT molecular complexity index is 398. The van der Waals surface area contributed by atoms with Crippen LogP contribution in [0.1, 0.15) is 5.69 Å². The summed E-state index contributed by atoms with van der Waals surface area (Å²) in [6.45, 7) is 0.333. The molecule has 0 bridgehead atoms. The van der Waals surface area contributed by atoms with Gasteiger partial charge in [0.15, 0.2) is 0 Å². The maximum absolute atomic E-state index is 9.16. The number of phenolic OH excluding ortho intramolecular Hbond substituents is 1. The maximum Gasteiger partial charge on any atom is 0.134 e. The van der Waals surface area contributed by atoms with Gasteiger partial charge < -0.3 is 14.4 Å². The number of benzene rings is 1. The average molecular weight is 191 g/mol. The van der Waals surface area contributed by atoms with Crippen LogP contribution >= 0.6 is 0 Å². The molecule has 1 N–H and O–H groups in total. The summed E-state index contributed by atoms with van der Waals surface area (Å²) < 4.78 is 10.00. The van der Waals surface area contributed by atoms with Gasteiger partial charge in [0.1, 0.15) is 30.1 Å². The fourth-order valence-electron chi connectivity index (χ4n) is 1.04. The van der Waals surface area contributed by atoms with Gasteiger partial charge in [0.05, 0.1) is 0 Å². The monoisotopic (exact) mass is 191 g/mol. The van der Waals surface area contributed by atoms with E-state index in [4.69, 9.17) is 9.84 Å². The van der Waals surface area contributed by atoms with Crippen molar-refractivity contribution in [2.75, 3.05) is 0 Å². The summed E-state index contributed by atoms with van der Waals surface area (Å²) in [6, 6.07) is 8.33. The quantitative estimate of drug-likeness (QED) is 0.805. The number of phenols is 1.